The lowest BCUT2D eigenvalue weighted by Crippen LogP contribution is -2.22. The van der Waals surface area contributed by atoms with Gasteiger partial charge in [-0.3, -0.25) is 0 Å². The van der Waals surface area contributed by atoms with Gasteiger partial charge < -0.3 is 20.3 Å². The van der Waals surface area contributed by atoms with Crippen molar-refractivity contribution in [3.05, 3.63) is 41.8 Å². The Morgan fingerprint density at radius 3 is 2.86 bits per heavy atom. The number of nitrogens with one attached hydrogen (secondary N) is 1. The maximum atomic E-state index is 5.87. The molecule has 2 rings (SSSR count). The molecule has 0 spiro atoms. The maximum Gasteiger partial charge on any atom is 0.193 e. The van der Waals surface area contributed by atoms with E-state index in [1.807, 2.05) is 30.3 Å². The van der Waals surface area contributed by atoms with Crippen molar-refractivity contribution in [1.29, 1.82) is 0 Å². The zero-order chi connectivity index (χ0) is 15.2. The van der Waals surface area contributed by atoms with Crippen LogP contribution in [0.5, 0.6) is 5.75 Å². The number of hydrogen-bond acceptors (Lipinski definition) is 4. The molecule has 0 fully saturated rings. The van der Waals surface area contributed by atoms with E-state index in [9.17, 15) is 0 Å². The summed E-state index contributed by atoms with van der Waals surface area (Å²) in [5.41, 5.74) is 7.54. The summed E-state index contributed by atoms with van der Waals surface area (Å²) in [6.45, 7) is 4.46. The number of guanidine groups is 1. The first-order valence-corrected chi connectivity index (χ1v) is 6.75. The molecule has 0 bridgehead atoms. The minimum atomic E-state index is 0.294. The molecule has 0 atom stereocenters. The fourth-order valence-corrected chi connectivity index (χ4v) is 1.76. The van der Waals surface area contributed by atoms with Crippen molar-refractivity contribution in [3.63, 3.8) is 0 Å². The normalized spacial score (nSPS) is 11.7. The van der Waals surface area contributed by atoms with Crippen LogP contribution < -0.4 is 15.8 Å². The van der Waals surface area contributed by atoms with E-state index in [2.05, 4.69) is 29.3 Å². The van der Waals surface area contributed by atoms with Crippen molar-refractivity contribution < 1.29 is 9.26 Å². The number of nitrogens with two attached hydrogens (primary N) is 1. The van der Waals surface area contributed by atoms with Crippen molar-refractivity contribution >= 4 is 11.6 Å². The van der Waals surface area contributed by atoms with E-state index in [0.717, 1.165) is 11.4 Å². The van der Waals surface area contributed by atoms with Crippen LogP contribution in [0, 0.1) is 0 Å². The van der Waals surface area contributed by atoms with E-state index in [4.69, 9.17) is 15.0 Å². The zero-order valence-electron chi connectivity index (χ0n) is 12.5. The smallest absolute Gasteiger partial charge is 0.193 e. The fraction of sp³-hybridized carbons (Fsp3) is 0.333. The minimum Gasteiger partial charge on any atom is -0.495 e. The number of ether oxygens (including phenoxy) is 1. The second-order valence-electron chi connectivity index (χ2n) is 4.90. The van der Waals surface area contributed by atoms with Crippen LogP contribution >= 0.6 is 0 Å². The molecule has 0 saturated carbocycles. The van der Waals surface area contributed by atoms with E-state index >= 15 is 0 Å². The molecular weight excluding hydrogens is 268 g/mol. The minimum absolute atomic E-state index is 0.294. The van der Waals surface area contributed by atoms with Gasteiger partial charge in [0.2, 0.25) is 0 Å². The van der Waals surface area contributed by atoms with E-state index < -0.39 is 0 Å². The molecule has 6 heteroatoms. The summed E-state index contributed by atoms with van der Waals surface area (Å²) in [6.07, 6.45) is 0. The van der Waals surface area contributed by atoms with Crippen LogP contribution in [0.3, 0.4) is 0 Å². The summed E-state index contributed by atoms with van der Waals surface area (Å²) < 4.78 is 10.4. The Morgan fingerprint density at radius 1 is 1.43 bits per heavy atom. The quantitative estimate of drug-likeness (QED) is 0.652. The topological polar surface area (TPSA) is 85.7 Å². The lowest BCUT2D eigenvalue weighted by Gasteiger charge is -2.09. The first-order valence-electron chi connectivity index (χ1n) is 6.75. The van der Waals surface area contributed by atoms with Gasteiger partial charge in [0, 0.05) is 6.07 Å². The van der Waals surface area contributed by atoms with Crippen LogP contribution in [0.25, 0.3) is 0 Å². The second-order valence-corrected chi connectivity index (χ2v) is 4.90. The molecule has 1 aromatic carbocycles. The van der Waals surface area contributed by atoms with Gasteiger partial charge in [0.25, 0.3) is 0 Å². The molecule has 112 valence electrons. The highest BCUT2D eigenvalue weighted by Crippen LogP contribution is 2.22. The van der Waals surface area contributed by atoms with Crippen LogP contribution in [-0.4, -0.2) is 18.2 Å². The second kappa shape index (κ2) is 6.78. The van der Waals surface area contributed by atoms with Gasteiger partial charge in [-0.2, -0.15) is 0 Å². The van der Waals surface area contributed by atoms with E-state index in [-0.39, 0.29) is 0 Å². The molecular formula is C15H20N4O2. The van der Waals surface area contributed by atoms with Crippen molar-refractivity contribution in [2.45, 2.75) is 26.3 Å². The molecule has 0 amide bonds. The van der Waals surface area contributed by atoms with E-state index in [0.29, 0.717) is 29.9 Å². The Bertz CT molecular complexity index is 620. The van der Waals surface area contributed by atoms with Gasteiger partial charge in [-0.15, -0.1) is 0 Å². The first-order chi connectivity index (χ1) is 10.1. The van der Waals surface area contributed by atoms with Crippen LogP contribution in [0.2, 0.25) is 0 Å². The van der Waals surface area contributed by atoms with Crippen LogP contribution in [0.15, 0.2) is 39.8 Å². The highest BCUT2D eigenvalue weighted by atomic mass is 16.5. The predicted molar refractivity (Wildman–Crippen MR) is 82.5 cm³/mol. The Labute approximate surface area is 124 Å². The summed E-state index contributed by atoms with van der Waals surface area (Å²) >= 11 is 0. The molecule has 0 saturated heterocycles. The third kappa shape index (κ3) is 3.98. The summed E-state index contributed by atoms with van der Waals surface area (Å²) in [6, 6.07) is 9.39. The van der Waals surface area contributed by atoms with Crippen molar-refractivity contribution in [2.24, 2.45) is 10.7 Å². The van der Waals surface area contributed by atoms with Gasteiger partial charge in [0.05, 0.1) is 18.5 Å². The predicted octanol–water partition coefficient (Wildman–Crippen LogP) is 2.73. The Balaban J connectivity index is 2.00. The Morgan fingerprint density at radius 2 is 2.19 bits per heavy atom. The Hall–Kier alpha value is -2.50. The average molecular weight is 288 g/mol. The van der Waals surface area contributed by atoms with Gasteiger partial charge in [-0.25, -0.2) is 4.99 Å². The molecule has 0 radical (unpaired) electrons. The fourth-order valence-electron chi connectivity index (χ4n) is 1.76. The average Bonchev–Trinajstić information content (AvgIpc) is 2.95. The molecule has 6 nitrogen and oxygen atoms in total. The summed E-state index contributed by atoms with van der Waals surface area (Å²) in [5, 5.41) is 6.98. The molecule has 3 N–H and O–H groups in total. The van der Waals surface area contributed by atoms with Crippen molar-refractivity contribution in [3.8, 4) is 5.75 Å². The largest absolute Gasteiger partial charge is 0.495 e. The van der Waals surface area contributed by atoms with Crippen LogP contribution in [-0.2, 0) is 6.54 Å². The zero-order valence-corrected chi connectivity index (χ0v) is 12.5. The summed E-state index contributed by atoms with van der Waals surface area (Å²) in [7, 11) is 1.61. The third-order valence-electron chi connectivity index (χ3n) is 2.94. The van der Waals surface area contributed by atoms with Gasteiger partial charge in [0.1, 0.15) is 12.3 Å². The summed E-state index contributed by atoms with van der Waals surface area (Å²) in [5.74, 6) is 2.01. The number of aliphatic imine (C=N–C) groups is 1. The Kier molecular flexibility index (Phi) is 4.81. The number of rotatable bonds is 5. The molecule has 1 aromatic heterocycles. The number of aromatic nitrogens is 1. The first kappa shape index (κ1) is 14.9. The standard InChI is InChI=1S/C15H20N4O2/c1-10(2)13-8-11(21-19-13)9-17-15(16)18-12-6-4-5-7-14(12)20-3/h4-8,10H,9H2,1-3H3,(H3,16,17,18). The van der Waals surface area contributed by atoms with E-state index in [1.54, 1.807) is 7.11 Å². The van der Waals surface area contributed by atoms with Crippen LogP contribution in [0.1, 0.15) is 31.2 Å². The molecule has 21 heavy (non-hydrogen) atoms. The number of benzene rings is 1. The number of nitrogens with zero attached hydrogens (tertiary/aromatic N) is 2. The number of methoxy groups -OCH3 is 1. The van der Waals surface area contributed by atoms with E-state index in [1.165, 1.54) is 0 Å². The van der Waals surface area contributed by atoms with Gasteiger partial charge in [-0.05, 0) is 18.1 Å². The third-order valence-corrected chi connectivity index (χ3v) is 2.94. The number of para-hydroxylation sites is 2. The lowest BCUT2D eigenvalue weighted by molar-refractivity contribution is 0.376. The van der Waals surface area contributed by atoms with Gasteiger partial charge in [0.15, 0.2) is 11.7 Å². The SMILES string of the molecule is COc1ccccc1NC(N)=NCc1cc(C(C)C)no1. The van der Waals surface area contributed by atoms with Crippen molar-refractivity contribution in [1.82, 2.24) is 5.16 Å². The van der Waals surface area contributed by atoms with Crippen molar-refractivity contribution in [2.75, 3.05) is 12.4 Å². The number of hydrogen-bond donors (Lipinski definition) is 2. The molecule has 0 aliphatic rings. The highest BCUT2D eigenvalue weighted by Gasteiger charge is 2.07. The molecule has 0 unspecified atom stereocenters. The van der Waals surface area contributed by atoms with Gasteiger partial charge in [-0.1, -0.05) is 31.1 Å². The molecule has 2 aromatic rings. The highest BCUT2D eigenvalue weighted by molar-refractivity contribution is 5.93. The molecule has 0 aliphatic carbocycles. The lowest BCUT2D eigenvalue weighted by atomic mass is 10.1. The molecule has 1 heterocycles. The molecule has 0 aliphatic heterocycles. The maximum absolute atomic E-state index is 5.87. The van der Waals surface area contributed by atoms with Crippen LogP contribution in [0.4, 0.5) is 5.69 Å². The number of anilines is 1. The summed E-state index contributed by atoms with van der Waals surface area (Å²) in [4.78, 5) is 4.23. The monoisotopic (exact) mass is 288 g/mol. The van der Waals surface area contributed by atoms with Gasteiger partial charge >= 0.3 is 0 Å².